The summed E-state index contributed by atoms with van der Waals surface area (Å²) in [5.41, 5.74) is 6.81. The maximum atomic E-state index is 11.0. The summed E-state index contributed by atoms with van der Waals surface area (Å²) in [4.78, 5) is 11.6. The van der Waals surface area contributed by atoms with E-state index in [9.17, 15) is 4.79 Å². The van der Waals surface area contributed by atoms with Crippen LogP contribution in [0.5, 0.6) is 0 Å². The van der Waals surface area contributed by atoms with Crippen molar-refractivity contribution in [2.75, 3.05) is 5.73 Å². The van der Waals surface area contributed by atoms with Gasteiger partial charge < -0.3 is 5.73 Å². The van der Waals surface area contributed by atoms with E-state index in [4.69, 9.17) is 17.3 Å². The molecule has 2 N–H and O–H groups in total. The molecule has 0 aromatic heterocycles. The molecular formula is C9H10ClNOS. The number of benzene rings is 1. The van der Waals surface area contributed by atoms with Gasteiger partial charge in [-0.25, -0.2) is 0 Å². The summed E-state index contributed by atoms with van der Waals surface area (Å²) in [5.74, 6) is -0.118. The fourth-order valence-electron chi connectivity index (χ4n) is 1.01. The summed E-state index contributed by atoms with van der Waals surface area (Å²) in [7, 11) is 0. The lowest BCUT2D eigenvalue weighted by molar-refractivity contribution is -0.116. The van der Waals surface area contributed by atoms with E-state index < -0.39 is 5.38 Å². The molecule has 0 saturated heterocycles. The molecule has 0 fully saturated rings. The standard InChI is InChI=1S/C9H10ClNOS/c1-5(12)8(10)6-3-2-4-7(13)9(6)11/h2-4,8,13H,11H2,1H3. The number of anilines is 1. The van der Waals surface area contributed by atoms with E-state index in [2.05, 4.69) is 12.6 Å². The topological polar surface area (TPSA) is 43.1 Å². The third kappa shape index (κ3) is 2.17. The van der Waals surface area contributed by atoms with Crippen LogP contribution in [0.25, 0.3) is 0 Å². The Bertz CT molecular complexity index is 340. The van der Waals surface area contributed by atoms with Crippen LogP contribution in [-0.4, -0.2) is 5.78 Å². The number of hydrogen-bond acceptors (Lipinski definition) is 3. The quantitative estimate of drug-likeness (QED) is 0.452. The summed E-state index contributed by atoms with van der Waals surface area (Å²) in [6.45, 7) is 1.43. The molecule has 4 heteroatoms. The molecule has 0 radical (unpaired) electrons. The van der Waals surface area contributed by atoms with Crippen molar-refractivity contribution in [3.8, 4) is 0 Å². The third-order valence-electron chi connectivity index (χ3n) is 1.75. The number of halogens is 1. The Kier molecular flexibility index (Phi) is 3.22. The molecule has 1 rings (SSSR count). The average Bonchev–Trinajstić information content (AvgIpc) is 2.08. The molecule has 2 nitrogen and oxygen atoms in total. The zero-order valence-corrected chi connectivity index (χ0v) is 8.77. The van der Waals surface area contributed by atoms with E-state index in [0.29, 0.717) is 16.1 Å². The minimum atomic E-state index is -0.674. The molecular weight excluding hydrogens is 206 g/mol. The first-order valence-corrected chi connectivity index (χ1v) is 4.64. The van der Waals surface area contributed by atoms with Crippen LogP contribution in [-0.2, 0) is 4.79 Å². The van der Waals surface area contributed by atoms with Gasteiger partial charge in [-0.3, -0.25) is 4.79 Å². The van der Waals surface area contributed by atoms with Crippen LogP contribution >= 0.6 is 24.2 Å². The molecule has 1 unspecified atom stereocenters. The van der Waals surface area contributed by atoms with E-state index in [0.717, 1.165) is 0 Å². The van der Waals surface area contributed by atoms with Crippen molar-refractivity contribution in [2.24, 2.45) is 0 Å². The number of thiol groups is 1. The van der Waals surface area contributed by atoms with Crippen molar-refractivity contribution in [3.63, 3.8) is 0 Å². The number of nitrogen functional groups attached to an aromatic ring is 1. The summed E-state index contributed by atoms with van der Waals surface area (Å²) >= 11 is 9.99. The van der Waals surface area contributed by atoms with Gasteiger partial charge in [-0.2, -0.15) is 0 Å². The Hall–Kier alpha value is -0.670. The number of hydrogen-bond donors (Lipinski definition) is 2. The fourth-order valence-corrected chi connectivity index (χ4v) is 1.42. The van der Waals surface area contributed by atoms with Gasteiger partial charge in [0.2, 0.25) is 0 Å². The van der Waals surface area contributed by atoms with E-state index in [1.165, 1.54) is 6.92 Å². The Balaban J connectivity index is 3.15. The van der Waals surface area contributed by atoms with E-state index in [1.54, 1.807) is 18.2 Å². The number of ketones is 1. The summed E-state index contributed by atoms with van der Waals surface area (Å²) < 4.78 is 0. The Labute approximate surface area is 87.5 Å². The predicted molar refractivity (Wildman–Crippen MR) is 57.4 cm³/mol. The number of rotatable bonds is 2. The molecule has 70 valence electrons. The molecule has 0 amide bonds. The molecule has 1 aromatic carbocycles. The molecule has 0 saturated carbocycles. The molecule has 0 aliphatic heterocycles. The number of para-hydroxylation sites is 1. The van der Waals surface area contributed by atoms with Crippen LogP contribution in [0.4, 0.5) is 5.69 Å². The van der Waals surface area contributed by atoms with Crippen molar-refractivity contribution in [1.82, 2.24) is 0 Å². The molecule has 1 aromatic rings. The zero-order valence-electron chi connectivity index (χ0n) is 7.12. The summed E-state index contributed by atoms with van der Waals surface area (Å²) in [6.07, 6.45) is 0. The van der Waals surface area contributed by atoms with Crippen LogP contribution in [0, 0.1) is 0 Å². The Morgan fingerprint density at radius 2 is 2.23 bits per heavy atom. The number of nitrogens with two attached hydrogens (primary N) is 1. The molecule has 0 spiro atoms. The second-order valence-corrected chi connectivity index (χ2v) is 3.67. The smallest absolute Gasteiger partial charge is 0.152 e. The van der Waals surface area contributed by atoms with Crippen molar-refractivity contribution >= 4 is 35.7 Å². The highest BCUT2D eigenvalue weighted by Gasteiger charge is 2.16. The Morgan fingerprint density at radius 1 is 1.62 bits per heavy atom. The van der Waals surface area contributed by atoms with Gasteiger partial charge in [0.25, 0.3) is 0 Å². The van der Waals surface area contributed by atoms with Crippen molar-refractivity contribution in [2.45, 2.75) is 17.2 Å². The van der Waals surface area contributed by atoms with Crippen LogP contribution in [0.3, 0.4) is 0 Å². The number of alkyl halides is 1. The maximum absolute atomic E-state index is 11.0. The molecule has 13 heavy (non-hydrogen) atoms. The van der Waals surface area contributed by atoms with E-state index in [-0.39, 0.29) is 5.78 Å². The first kappa shape index (κ1) is 10.4. The van der Waals surface area contributed by atoms with Crippen LogP contribution in [0.15, 0.2) is 23.1 Å². The summed E-state index contributed by atoms with van der Waals surface area (Å²) in [6, 6.07) is 5.26. The van der Waals surface area contributed by atoms with Gasteiger partial charge in [0, 0.05) is 10.5 Å². The lowest BCUT2D eigenvalue weighted by Crippen LogP contribution is -2.05. The van der Waals surface area contributed by atoms with Crippen LogP contribution < -0.4 is 5.73 Å². The zero-order chi connectivity index (χ0) is 10.0. The Morgan fingerprint density at radius 3 is 2.77 bits per heavy atom. The second kappa shape index (κ2) is 4.03. The number of carbonyl (C=O) groups is 1. The van der Waals surface area contributed by atoms with Crippen molar-refractivity contribution in [1.29, 1.82) is 0 Å². The van der Waals surface area contributed by atoms with Crippen LogP contribution in [0.2, 0.25) is 0 Å². The van der Waals surface area contributed by atoms with Crippen LogP contribution in [0.1, 0.15) is 17.9 Å². The summed E-state index contributed by atoms with van der Waals surface area (Å²) in [5, 5.41) is -0.674. The van der Waals surface area contributed by atoms with Gasteiger partial charge in [-0.1, -0.05) is 12.1 Å². The number of carbonyl (C=O) groups excluding carboxylic acids is 1. The normalized spacial score (nSPS) is 12.5. The first-order valence-electron chi connectivity index (χ1n) is 3.76. The van der Waals surface area contributed by atoms with Crippen molar-refractivity contribution < 1.29 is 4.79 Å². The highest BCUT2D eigenvalue weighted by molar-refractivity contribution is 7.80. The number of Topliss-reactive ketones (excluding diaryl/α,β-unsaturated/α-hetero) is 1. The molecule has 0 bridgehead atoms. The van der Waals surface area contributed by atoms with Gasteiger partial charge in [-0.15, -0.1) is 24.2 Å². The first-order chi connectivity index (χ1) is 6.04. The van der Waals surface area contributed by atoms with Gasteiger partial charge in [0.15, 0.2) is 5.78 Å². The van der Waals surface area contributed by atoms with Gasteiger partial charge in [0.05, 0.1) is 5.69 Å². The third-order valence-corrected chi connectivity index (χ3v) is 2.68. The van der Waals surface area contributed by atoms with Crippen molar-refractivity contribution in [3.05, 3.63) is 23.8 Å². The minimum Gasteiger partial charge on any atom is -0.398 e. The largest absolute Gasteiger partial charge is 0.398 e. The van der Waals surface area contributed by atoms with Gasteiger partial charge >= 0.3 is 0 Å². The highest BCUT2D eigenvalue weighted by Crippen LogP contribution is 2.30. The maximum Gasteiger partial charge on any atom is 0.152 e. The van der Waals surface area contributed by atoms with E-state index >= 15 is 0 Å². The minimum absolute atomic E-state index is 0.118. The monoisotopic (exact) mass is 215 g/mol. The SMILES string of the molecule is CC(=O)C(Cl)c1cccc(S)c1N. The van der Waals surface area contributed by atoms with Gasteiger partial charge in [-0.05, 0) is 13.0 Å². The predicted octanol–water partition coefficient (Wildman–Crippen LogP) is 2.43. The lowest BCUT2D eigenvalue weighted by Gasteiger charge is -2.10. The molecule has 0 aliphatic rings. The van der Waals surface area contributed by atoms with E-state index in [1.807, 2.05) is 0 Å². The molecule has 0 aliphatic carbocycles. The molecule has 1 atom stereocenters. The highest BCUT2D eigenvalue weighted by atomic mass is 35.5. The fraction of sp³-hybridized carbons (Fsp3) is 0.222. The average molecular weight is 216 g/mol. The molecule has 0 heterocycles. The van der Waals surface area contributed by atoms with Gasteiger partial charge in [0.1, 0.15) is 5.38 Å². The second-order valence-electron chi connectivity index (χ2n) is 2.75. The lowest BCUT2D eigenvalue weighted by atomic mass is 10.1.